The van der Waals surface area contributed by atoms with Gasteiger partial charge in [0.25, 0.3) is 0 Å². The molecule has 0 heterocycles. The summed E-state index contributed by atoms with van der Waals surface area (Å²) in [6, 6.07) is 29.9. The van der Waals surface area contributed by atoms with Gasteiger partial charge in [0.2, 0.25) is 0 Å². The van der Waals surface area contributed by atoms with Gasteiger partial charge in [-0.05, 0) is 150 Å². The molecule has 0 aromatic heterocycles. The first-order valence-electron chi connectivity index (χ1n) is 22.0. The second-order valence-electron chi connectivity index (χ2n) is 18.2. The van der Waals surface area contributed by atoms with Gasteiger partial charge in [0.05, 0.1) is 5.41 Å². The molecule has 0 bridgehead atoms. The highest BCUT2D eigenvalue weighted by atomic mass is 19.4. The van der Waals surface area contributed by atoms with Gasteiger partial charge >= 0.3 is 6.18 Å². The van der Waals surface area contributed by atoms with Gasteiger partial charge in [-0.1, -0.05) is 132 Å². The van der Waals surface area contributed by atoms with Crippen LogP contribution in [0.3, 0.4) is 0 Å². The quantitative estimate of drug-likeness (QED) is 0.0899. The molecule has 2 atom stereocenters. The molecular weight excluding hydrogens is 824 g/mol. The first kappa shape index (κ1) is 56.8. The number of alkyl halides is 3. The summed E-state index contributed by atoms with van der Waals surface area (Å²) in [5.41, 5.74) is 2.77. The lowest BCUT2D eigenvalue weighted by Crippen LogP contribution is -2.38. The van der Waals surface area contributed by atoms with Crippen LogP contribution in [0.25, 0.3) is 0 Å². The van der Waals surface area contributed by atoms with E-state index in [0.717, 1.165) is 25.7 Å². The van der Waals surface area contributed by atoms with E-state index in [2.05, 4.69) is 61.5 Å². The van der Waals surface area contributed by atoms with Crippen LogP contribution in [0.4, 0.5) is 22.0 Å². The Labute approximate surface area is 379 Å². The largest absolute Gasteiger partial charge is 0.508 e. The number of rotatable bonds is 10. The molecule has 0 aliphatic rings. The van der Waals surface area contributed by atoms with Gasteiger partial charge in [0.1, 0.15) is 23.0 Å². The Balaban J connectivity index is 0.000000402. The molecule has 2 unspecified atom stereocenters. The fourth-order valence-electron chi connectivity index (χ4n) is 5.84. The summed E-state index contributed by atoms with van der Waals surface area (Å²) >= 11 is 0. The fourth-order valence-corrected chi connectivity index (χ4v) is 5.84. The molecule has 354 valence electrons. The van der Waals surface area contributed by atoms with Crippen LogP contribution in [0.1, 0.15) is 156 Å². The van der Waals surface area contributed by atoms with Gasteiger partial charge in [-0.3, -0.25) is 0 Å². The molecule has 0 aliphatic heterocycles. The van der Waals surface area contributed by atoms with Crippen molar-refractivity contribution >= 4 is 0 Å². The summed E-state index contributed by atoms with van der Waals surface area (Å²) in [7, 11) is 0. The predicted octanol–water partition coefficient (Wildman–Crippen LogP) is 16.0. The van der Waals surface area contributed by atoms with Gasteiger partial charge in [-0.2, -0.15) is 13.2 Å². The van der Waals surface area contributed by atoms with Crippen molar-refractivity contribution in [3.8, 4) is 28.7 Å². The highest BCUT2D eigenvalue weighted by Gasteiger charge is 2.50. The topological polar surface area (TPSA) is 101 Å². The zero-order valence-corrected chi connectivity index (χ0v) is 40.1. The second-order valence-corrected chi connectivity index (χ2v) is 18.2. The monoisotopic (exact) mass is 897 g/mol. The van der Waals surface area contributed by atoms with Crippen molar-refractivity contribution in [1.29, 1.82) is 0 Å². The van der Waals surface area contributed by atoms with Gasteiger partial charge in [-0.15, -0.1) is 0 Å². The molecule has 5 aromatic rings. The van der Waals surface area contributed by atoms with E-state index in [1.807, 2.05) is 57.2 Å². The molecule has 0 aliphatic carbocycles. The molecule has 10 heteroatoms. The molecule has 64 heavy (non-hydrogen) atoms. The van der Waals surface area contributed by atoms with Crippen LogP contribution in [0.2, 0.25) is 0 Å². The lowest BCUT2D eigenvalue weighted by Gasteiger charge is -2.31. The summed E-state index contributed by atoms with van der Waals surface area (Å²) in [4.78, 5) is 0. The van der Waals surface area contributed by atoms with Gasteiger partial charge in [0.15, 0.2) is 17.4 Å². The molecule has 0 spiro atoms. The summed E-state index contributed by atoms with van der Waals surface area (Å²) in [5, 5.41) is 45.3. The average Bonchev–Trinajstić information content (AvgIpc) is 3.26. The van der Waals surface area contributed by atoms with E-state index in [4.69, 9.17) is 20.4 Å². The summed E-state index contributed by atoms with van der Waals surface area (Å²) in [6.07, 6.45) is -0.199. The van der Waals surface area contributed by atoms with E-state index in [1.54, 1.807) is 30.3 Å². The van der Waals surface area contributed by atoms with Crippen molar-refractivity contribution in [3.63, 3.8) is 0 Å². The first-order chi connectivity index (χ1) is 29.5. The zero-order chi connectivity index (χ0) is 49.3. The maximum Gasteiger partial charge on any atom is 0.398 e. The van der Waals surface area contributed by atoms with Gasteiger partial charge < -0.3 is 25.5 Å². The number of halogens is 5. The summed E-state index contributed by atoms with van der Waals surface area (Å²) < 4.78 is 64.5. The molecule has 5 aromatic carbocycles. The Morgan fingerprint density at radius 2 is 0.812 bits per heavy atom. The third kappa shape index (κ3) is 17.0. The van der Waals surface area contributed by atoms with Crippen molar-refractivity contribution in [1.82, 2.24) is 0 Å². The van der Waals surface area contributed by atoms with Gasteiger partial charge in [-0.25, -0.2) is 8.78 Å². The van der Waals surface area contributed by atoms with Crippen LogP contribution in [-0.2, 0) is 21.7 Å². The highest BCUT2D eigenvalue weighted by molar-refractivity contribution is 5.35. The number of hydrogen-bond donors (Lipinski definition) is 5. The van der Waals surface area contributed by atoms with Gasteiger partial charge in [0, 0.05) is 0 Å². The van der Waals surface area contributed by atoms with Crippen molar-refractivity contribution in [2.24, 2.45) is 0 Å². The molecule has 0 saturated heterocycles. The SMILES string of the molecule is CCC(C)(C)c1cc(F)c(O)c(F)c1.CCC(C)(C)c1ccc(O)cc1.CCC(C)(C)c1cccc(O)c1.CCC(C)(c1ccc(O)cc1)C(F)(F)F.CCC(C)c1ccc(O)cc1. The maximum atomic E-state index is 13.0. The Bertz CT molecular complexity index is 2090. The fraction of sp³-hybridized carbons (Fsp3) is 0.444. The molecule has 0 radical (unpaired) electrons. The van der Waals surface area contributed by atoms with Crippen LogP contribution in [0.15, 0.2) is 109 Å². The van der Waals surface area contributed by atoms with Crippen LogP contribution >= 0.6 is 0 Å². The van der Waals surface area contributed by atoms with E-state index in [1.165, 1.54) is 66.9 Å². The van der Waals surface area contributed by atoms with E-state index < -0.39 is 29.0 Å². The Morgan fingerprint density at radius 1 is 0.438 bits per heavy atom. The highest BCUT2D eigenvalue weighted by Crippen LogP contribution is 2.43. The van der Waals surface area contributed by atoms with Crippen LogP contribution in [0.5, 0.6) is 28.7 Å². The third-order valence-electron chi connectivity index (χ3n) is 12.6. The van der Waals surface area contributed by atoms with E-state index in [0.29, 0.717) is 28.7 Å². The molecule has 5 rings (SSSR count). The molecule has 5 nitrogen and oxygen atoms in total. The zero-order valence-electron chi connectivity index (χ0n) is 40.1. The minimum absolute atomic E-state index is 0.0265. The minimum atomic E-state index is -4.28. The van der Waals surface area contributed by atoms with Crippen molar-refractivity contribution < 1.29 is 47.5 Å². The Kier molecular flexibility index (Phi) is 21.9. The van der Waals surface area contributed by atoms with Crippen molar-refractivity contribution in [2.45, 2.75) is 156 Å². The lowest BCUT2D eigenvalue weighted by molar-refractivity contribution is -0.186. The van der Waals surface area contributed by atoms with Crippen molar-refractivity contribution in [2.75, 3.05) is 0 Å². The standard InChI is InChI=1S/C11H13F3O.C11H14F2O.2C11H16O.C10H14O/c1-3-10(2,11(12,13)14)8-4-6-9(15)7-5-8;1-4-11(2,3)7-5-8(12)10(14)9(13)6-7;1-4-11(2,3)9-5-7-10(12)8-6-9;1-4-11(2,3)9-6-5-7-10(12)8-9;1-3-8(2)9-4-6-10(11)7-5-9/h4-7,15H,3H2,1-2H3;5-6,14H,4H2,1-3H3;2*5-8,12H,4H2,1-3H3;4-8,11H,3H2,1-2H3. The predicted molar refractivity (Wildman–Crippen MR) is 253 cm³/mol. The normalized spacial score (nSPS) is 12.9. The second kappa shape index (κ2) is 24.7. The molecule has 0 saturated carbocycles. The van der Waals surface area contributed by atoms with Crippen LogP contribution in [-0.4, -0.2) is 31.7 Å². The number of hydrogen-bond acceptors (Lipinski definition) is 5. The smallest absolute Gasteiger partial charge is 0.398 e. The number of phenolic OH excluding ortho intramolecular Hbond substituents is 5. The van der Waals surface area contributed by atoms with E-state index >= 15 is 0 Å². The minimum Gasteiger partial charge on any atom is -0.508 e. The molecule has 0 amide bonds. The van der Waals surface area contributed by atoms with E-state index in [-0.39, 0.29) is 34.0 Å². The number of benzene rings is 5. The molecular formula is C54H73F5O5. The Hall–Kier alpha value is -5.25. The lowest BCUT2D eigenvalue weighted by atomic mass is 9.79. The van der Waals surface area contributed by atoms with Crippen LogP contribution in [0, 0.1) is 11.6 Å². The number of phenols is 5. The summed E-state index contributed by atoms with van der Waals surface area (Å²) in [5.74, 6) is -1.10. The average molecular weight is 897 g/mol. The van der Waals surface area contributed by atoms with Crippen molar-refractivity contribution in [3.05, 3.63) is 149 Å². The Morgan fingerprint density at radius 3 is 1.17 bits per heavy atom. The maximum absolute atomic E-state index is 13.0. The number of aromatic hydroxyl groups is 5. The summed E-state index contributed by atoms with van der Waals surface area (Å²) in [6.45, 7) is 25.9. The van der Waals surface area contributed by atoms with E-state index in [9.17, 15) is 27.1 Å². The first-order valence-corrected chi connectivity index (χ1v) is 22.0. The third-order valence-corrected chi connectivity index (χ3v) is 12.6. The molecule has 5 N–H and O–H groups in total. The molecule has 0 fully saturated rings. The van der Waals surface area contributed by atoms with Crippen LogP contribution < -0.4 is 0 Å².